The van der Waals surface area contributed by atoms with E-state index in [1.807, 2.05) is 28.5 Å². The number of hydrogen-bond acceptors (Lipinski definition) is 6. The van der Waals surface area contributed by atoms with Gasteiger partial charge in [0.1, 0.15) is 5.01 Å². The molecule has 0 saturated carbocycles. The fourth-order valence-electron chi connectivity index (χ4n) is 3.39. The number of rotatable bonds is 7. The Morgan fingerprint density at radius 2 is 2.08 bits per heavy atom. The van der Waals surface area contributed by atoms with E-state index >= 15 is 0 Å². The van der Waals surface area contributed by atoms with Gasteiger partial charge in [0.2, 0.25) is 12.7 Å². The lowest BCUT2D eigenvalue weighted by Crippen LogP contribution is -2.38. The van der Waals surface area contributed by atoms with Crippen LogP contribution in [0.25, 0.3) is 0 Å². The quantitative estimate of drug-likeness (QED) is 0.747. The van der Waals surface area contributed by atoms with Gasteiger partial charge in [0, 0.05) is 24.7 Å². The predicted molar refractivity (Wildman–Crippen MR) is 99.5 cm³/mol. The Labute approximate surface area is 157 Å². The fraction of sp³-hybridized carbons (Fsp3) is 0.474. The van der Waals surface area contributed by atoms with E-state index in [0.29, 0.717) is 13.0 Å². The van der Waals surface area contributed by atoms with E-state index in [2.05, 4.69) is 9.88 Å². The highest BCUT2D eigenvalue weighted by Crippen LogP contribution is 2.32. The van der Waals surface area contributed by atoms with Gasteiger partial charge in [0.25, 0.3) is 0 Å². The Balaban J connectivity index is 1.41. The van der Waals surface area contributed by atoms with Gasteiger partial charge in [-0.1, -0.05) is 6.07 Å². The molecular weight excluding hydrogens is 350 g/mol. The van der Waals surface area contributed by atoms with Crippen molar-refractivity contribution < 1.29 is 14.3 Å². The standard InChI is InChI=1S/C19H23N3O3S/c23-19(12-15-3-4-16-17(11-15)25-14-24-16)22(13-18-20-5-10-26-18)9-8-21-6-1-2-7-21/h3-5,10-11H,1-2,6-9,12-14H2. The molecule has 7 heteroatoms. The molecule has 1 aromatic carbocycles. The van der Waals surface area contributed by atoms with Crippen molar-refractivity contribution in [2.24, 2.45) is 0 Å². The average molecular weight is 373 g/mol. The summed E-state index contributed by atoms with van der Waals surface area (Å²) in [6, 6.07) is 5.72. The van der Waals surface area contributed by atoms with Crippen molar-refractivity contribution >= 4 is 17.2 Å². The lowest BCUT2D eigenvalue weighted by molar-refractivity contribution is -0.131. The SMILES string of the molecule is O=C(Cc1ccc2c(c1)OCO2)N(CCN1CCCC1)Cc1nccs1. The van der Waals surface area contributed by atoms with Crippen molar-refractivity contribution in [1.82, 2.24) is 14.8 Å². The topological polar surface area (TPSA) is 54.9 Å². The number of fused-ring (bicyclic) bond motifs is 1. The molecule has 138 valence electrons. The van der Waals surface area contributed by atoms with Crippen LogP contribution < -0.4 is 9.47 Å². The number of benzene rings is 1. The molecule has 0 spiro atoms. The number of nitrogens with zero attached hydrogens (tertiary/aromatic N) is 3. The van der Waals surface area contributed by atoms with E-state index in [4.69, 9.17) is 9.47 Å². The van der Waals surface area contributed by atoms with Crippen molar-refractivity contribution in [3.8, 4) is 11.5 Å². The van der Waals surface area contributed by atoms with Crippen LogP contribution in [0.5, 0.6) is 11.5 Å². The third-order valence-electron chi connectivity index (χ3n) is 4.84. The van der Waals surface area contributed by atoms with Gasteiger partial charge in [-0.2, -0.15) is 0 Å². The first kappa shape index (κ1) is 17.3. The molecular formula is C19H23N3O3S. The molecule has 1 saturated heterocycles. The molecule has 2 aromatic rings. The second-order valence-corrected chi connectivity index (χ2v) is 7.63. The monoisotopic (exact) mass is 373 g/mol. The van der Waals surface area contributed by atoms with Gasteiger partial charge in [0.05, 0.1) is 13.0 Å². The number of likely N-dealkylation sites (tertiary alicyclic amines) is 1. The summed E-state index contributed by atoms with van der Waals surface area (Å²) in [6.45, 7) is 4.78. The largest absolute Gasteiger partial charge is 0.454 e. The summed E-state index contributed by atoms with van der Waals surface area (Å²) in [5.74, 6) is 1.59. The van der Waals surface area contributed by atoms with Gasteiger partial charge in [0.15, 0.2) is 11.5 Å². The summed E-state index contributed by atoms with van der Waals surface area (Å²) in [5.41, 5.74) is 0.949. The van der Waals surface area contributed by atoms with Crippen LogP contribution in [0.1, 0.15) is 23.4 Å². The van der Waals surface area contributed by atoms with Gasteiger partial charge in [-0.3, -0.25) is 4.79 Å². The molecule has 2 aliphatic rings. The maximum atomic E-state index is 13.0. The zero-order valence-electron chi connectivity index (χ0n) is 14.7. The zero-order valence-corrected chi connectivity index (χ0v) is 15.5. The van der Waals surface area contributed by atoms with E-state index in [1.165, 1.54) is 12.8 Å². The highest BCUT2D eigenvalue weighted by atomic mass is 32.1. The minimum Gasteiger partial charge on any atom is -0.454 e. The Bertz CT molecular complexity index is 744. The molecule has 1 aromatic heterocycles. The summed E-state index contributed by atoms with van der Waals surface area (Å²) < 4.78 is 10.8. The molecule has 0 N–H and O–H groups in total. The van der Waals surface area contributed by atoms with E-state index in [0.717, 1.165) is 48.2 Å². The maximum absolute atomic E-state index is 13.0. The molecule has 0 radical (unpaired) electrons. The number of thiazole rings is 1. The lowest BCUT2D eigenvalue weighted by Gasteiger charge is -2.25. The minimum atomic E-state index is 0.123. The summed E-state index contributed by atoms with van der Waals surface area (Å²) in [4.78, 5) is 21.7. The van der Waals surface area contributed by atoms with Gasteiger partial charge in [-0.15, -0.1) is 11.3 Å². The van der Waals surface area contributed by atoms with Crippen molar-refractivity contribution in [3.63, 3.8) is 0 Å². The highest BCUT2D eigenvalue weighted by Gasteiger charge is 2.20. The van der Waals surface area contributed by atoms with Gasteiger partial charge >= 0.3 is 0 Å². The first-order chi connectivity index (χ1) is 12.8. The van der Waals surface area contributed by atoms with E-state index in [1.54, 1.807) is 17.5 Å². The van der Waals surface area contributed by atoms with Crippen LogP contribution in [0, 0.1) is 0 Å². The van der Waals surface area contributed by atoms with Gasteiger partial charge < -0.3 is 19.3 Å². The summed E-state index contributed by atoms with van der Waals surface area (Å²) >= 11 is 1.59. The highest BCUT2D eigenvalue weighted by molar-refractivity contribution is 7.09. The van der Waals surface area contributed by atoms with E-state index in [9.17, 15) is 4.79 Å². The Morgan fingerprint density at radius 3 is 2.88 bits per heavy atom. The Hall–Kier alpha value is -2.12. The molecule has 1 amide bonds. The van der Waals surface area contributed by atoms with Crippen molar-refractivity contribution in [1.29, 1.82) is 0 Å². The summed E-state index contributed by atoms with van der Waals surface area (Å²) in [7, 11) is 0. The van der Waals surface area contributed by atoms with Crippen LogP contribution in [0.2, 0.25) is 0 Å². The van der Waals surface area contributed by atoms with Crippen LogP contribution in [0.3, 0.4) is 0 Å². The van der Waals surface area contributed by atoms with Crippen LogP contribution in [0.4, 0.5) is 0 Å². The van der Waals surface area contributed by atoms with E-state index < -0.39 is 0 Å². The van der Waals surface area contributed by atoms with Crippen molar-refractivity contribution in [2.45, 2.75) is 25.8 Å². The third-order valence-corrected chi connectivity index (χ3v) is 5.60. The smallest absolute Gasteiger partial charge is 0.231 e. The zero-order chi connectivity index (χ0) is 17.8. The second-order valence-electron chi connectivity index (χ2n) is 6.65. The first-order valence-electron chi connectivity index (χ1n) is 9.05. The normalized spacial score (nSPS) is 16.2. The molecule has 0 aliphatic carbocycles. The number of carbonyl (C=O) groups excluding carboxylic acids is 1. The minimum absolute atomic E-state index is 0.123. The lowest BCUT2D eigenvalue weighted by atomic mass is 10.1. The number of aromatic nitrogens is 1. The number of ether oxygens (including phenoxy) is 2. The van der Waals surface area contributed by atoms with Crippen LogP contribution in [-0.4, -0.2) is 53.7 Å². The van der Waals surface area contributed by atoms with Crippen LogP contribution in [0.15, 0.2) is 29.8 Å². The van der Waals surface area contributed by atoms with E-state index in [-0.39, 0.29) is 12.7 Å². The molecule has 3 heterocycles. The average Bonchev–Trinajstić information content (AvgIpc) is 3.39. The predicted octanol–water partition coefficient (Wildman–Crippen LogP) is 2.54. The van der Waals surface area contributed by atoms with Crippen molar-refractivity contribution in [2.75, 3.05) is 33.0 Å². The van der Waals surface area contributed by atoms with Crippen molar-refractivity contribution in [3.05, 3.63) is 40.3 Å². The van der Waals surface area contributed by atoms with Crippen LogP contribution >= 0.6 is 11.3 Å². The third kappa shape index (κ3) is 4.16. The second kappa shape index (κ2) is 8.05. The first-order valence-corrected chi connectivity index (χ1v) is 9.93. The molecule has 26 heavy (non-hydrogen) atoms. The fourth-order valence-corrected chi connectivity index (χ4v) is 4.02. The van der Waals surface area contributed by atoms with Crippen LogP contribution in [-0.2, 0) is 17.8 Å². The molecule has 0 bridgehead atoms. The number of hydrogen-bond donors (Lipinski definition) is 0. The molecule has 0 atom stereocenters. The molecule has 2 aliphatic heterocycles. The summed E-state index contributed by atoms with van der Waals surface area (Å²) in [5, 5.41) is 2.93. The maximum Gasteiger partial charge on any atom is 0.231 e. The Kier molecular flexibility index (Phi) is 5.36. The Morgan fingerprint density at radius 1 is 1.23 bits per heavy atom. The van der Waals surface area contributed by atoms with Gasteiger partial charge in [-0.25, -0.2) is 4.98 Å². The molecule has 6 nitrogen and oxygen atoms in total. The molecule has 0 unspecified atom stereocenters. The number of amides is 1. The molecule has 1 fully saturated rings. The summed E-state index contributed by atoms with van der Waals surface area (Å²) in [6.07, 6.45) is 4.68. The van der Waals surface area contributed by atoms with Gasteiger partial charge in [-0.05, 0) is 43.6 Å². The number of carbonyl (C=O) groups is 1. The molecule has 4 rings (SSSR count).